The summed E-state index contributed by atoms with van der Waals surface area (Å²) in [6.45, 7) is 4.39. The van der Waals surface area contributed by atoms with Crippen LogP contribution in [-0.2, 0) is 0 Å². The van der Waals surface area contributed by atoms with E-state index in [2.05, 4.69) is 10.3 Å². The smallest absolute Gasteiger partial charge is 0.252 e. The number of carbonyl (C=O) groups excluding carboxylic acids is 1. The number of nitrogens with zero attached hydrogens (tertiary/aromatic N) is 1. The fourth-order valence-electron chi connectivity index (χ4n) is 2.06. The summed E-state index contributed by atoms with van der Waals surface area (Å²) in [6, 6.07) is 9.28. The summed E-state index contributed by atoms with van der Waals surface area (Å²) in [6.07, 6.45) is 1.82. The largest absolute Gasteiger partial charge is 0.393 e. The van der Waals surface area contributed by atoms with Crippen molar-refractivity contribution < 1.29 is 9.90 Å². The van der Waals surface area contributed by atoms with E-state index < -0.39 is 0 Å². The first-order valence-corrected chi connectivity index (χ1v) is 6.89. The van der Waals surface area contributed by atoms with Crippen molar-refractivity contribution in [2.75, 3.05) is 6.54 Å². The molecule has 1 unspecified atom stereocenters. The third kappa shape index (κ3) is 3.33. The van der Waals surface area contributed by atoms with Crippen LogP contribution >= 0.6 is 0 Å². The van der Waals surface area contributed by atoms with Gasteiger partial charge in [-0.3, -0.25) is 9.78 Å². The predicted molar refractivity (Wildman–Crippen MR) is 79.5 cm³/mol. The first-order valence-electron chi connectivity index (χ1n) is 6.89. The van der Waals surface area contributed by atoms with Gasteiger partial charge in [-0.2, -0.15) is 0 Å². The number of pyridine rings is 1. The van der Waals surface area contributed by atoms with Crippen molar-refractivity contribution in [2.24, 2.45) is 5.92 Å². The zero-order chi connectivity index (χ0) is 14.5. The summed E-state index contributed by atoms with van der Waals surface area (Å²) < 4.78 is 0. The number of carbonyl (C=O) groups is 1. The molecule has 1 aromatic carbocycles. The monoisotopic (exact) mass is 272 g/mol. The number of aliphatic hydroxyl groups is 1. The minimum absolute atomic E-state index is 0.125. The van der Waals surface area contributed by atoms with Gasteiger partial charge in [0.15, 0.2) is 0 Å². The van der Waals surface area contributed by atoms with Gasteiger partial charge in [-0.25, -0.2) is 0 Å². The van der Waals surface area contributed by atoms with Crippen LogP contribution in [0.4, 0.5) is 0 Å². The molecule has 2 aromatic rings. The van der Waals surface area contributed by atoms with Crippen LogP contribution in [0.25, 0.3) is 10.9 Å². The third-order valence-electron chi connectivity index (χ3n) is 3.39. The molecule has 1 aromatic heterocycles. The molecule has 1 heterocycles. The second kappa shape index (κ2) is 6.48. The van der Waals surface area contributed by atoms with Crippen molar-refractivity contribution in [1.29, 1.82) is 0 Å². The average Bonchev–Trinajstić information content (AvgIpc) is 2.46. The highest BCUT2D eigenvalue weighted by molar-refractivity contribution is 6.05. The summed E-state index contributed by atoms with van der Waals surface area (Å²) >= 11 is 0. The number of aliphatic hydroxyl groups excluding tert-OH is 1. The Balaban J connectivity index is 2.05. The first-order chi connectivity index (χ1) is 9.59. The zero-order valence-corrected chi connectivity index (χ0v) is 11.8. The normalized spacial score (nSPS) is 12.6. The Morgan fingerprint density at radius 2 is 2.05 bits per heavy atom. The molecule has 0 fully saturated rings. The van der Waals surface area contributed by atoms with E-state index >= 15 is 0 Å². The maximum atomic E-state index is 12.2. The highest BCUT2D eigenvalue weighted by Gasteiger charge is 2.12. The van der Waals surface area contributed by atoms with Crippen LogP contribution in [0.1, 0.15) is 30.6 Å². The van der Waals surface area contributed by atoms with Gasteiger partial charge in [-0.15, -0.1) is 0 Å². The number of benzene rings is 1. The van der Waals surface area contributed by atoms with Gasteiger partial charge in [0.05, 0.1) is 17.2 Å². The number of aromatic nitrogens is 1. The van der Waals surface area contributed by atoms with Gasteiger partial charge in [-0.05, 0) is 24.5 Å². The van der Waals surface area contributed by atoms with Crippen molar-refractivity contribution in [3.8, 4) is 0 Å². The van der Waals surface area contributed by atoms with Crippen LogP contribution in [0.15, 0.2) is 36.5 Å². The molecule has 0 spiro atoms. The third-order valence-corrected chi connectivity index (χ3v) is 3.39. The van der Waals surface area contributed by atoms with Crippen LogP contribution < -0.4 is 5.32 Å². The molecule has 20 heavy (non-hydrogen) atoms. The van der Waals surface area contributed by atoms with Gasteiger partial charge in [0.1, 0.15) is 0 Å². The molecule has 0 aliphatic heterocycles. The fourth-order valence-corrected chi connectivity index (χ4v) is 2.06. The zero-order valence-electron chi connectivity index (χ0n) is 11.8. The average molecular weight is 272 g/mol. The molecular formula is C16H20N2O2. The molecule has 4 nitrogen and oxygen atoms in total. The van der Waals surface area contributed by atoms with E-state index in [9.17, 15) is 9.90 Å². The Morgan fingerprint density at radius 1 is 1.30 bits per heavy atom. The molecule has 0 saturated heterocycles. The highest BCUT2D eigenvalue weighted by atomic mass is 16.3. The molecule has 0 bridgehead atoms. The lowest BCUT2D eigenvalue weighted by atomic mass is 10.0. The molecule has 4 heteroatoms. The molecule has 2 N–H and O–H groups in total. The van der Waals surface area contributed by atoms with Gasteiger partial charge in [0, 0.05) is 18.1 Å². The molecule has 1 atom stereocenters. The number of hydrogen-bond acceptors (Lipinski definition) is 3. The van der Waals surface area contributed by atoms with Gasteiger partial charge in [-0.1, -0.05) is 32.0 Å². The Kier molecular flexibility index (Phi) is 4.69. The second-order valence-electron chi connectivity index (χ2n) is 5.23. The Hall–Kier alpha value is -1.94. The summed E-state index contributed by atoms with van der Waals surface area (Å²) in [5.41, 5.74) is 1.43. The highest BCUT2D eigenvalue weighted by Crippen LogP contribution is 2.16. The van der Waals surface area contributed by atoms with Crippen molar-refractivity contribution in [2.45, 2.75) is 26.4 Å². The molecule has 0 aliphatic carbocycles. The molecule has 0 saturated carbocycles. The minimum atomic E-state index is -0.385. The van der Waals surface area contributed by atoms with Crippen molar-refractivity contribution in [1.82, 2.24) is 10.3 Å². The Bertz CT molecular complexity index is 591. The topological polar surface area (TPSA) is 62.2 Å². The van der Waals surface area contributed by atoms with Crippen LogP contribution in [-0.4, -0.2) is 28.6 Å². The second-order valence-corrected chi connectivity index (χ2v) is 5.23. The first kappa shape index (κ1) is 14.5. The molecule has 0 aliphatic rings. The summed E-state index contributed by atoms with van der Waals surface area (Å²) in [4.78, 5) is 16.4. The van der Waals surface area contributed by atoms with Gasteiger partial charge in [0.25, 0.3) is 5.91 Å². The summed E-state index contributed by atoms with van der Waals surface area (Å²) in [5.74, 6) is 0.0770. The molecular weight excluding hydrogens is 252 g/mol. The lowest BCUT2D eigenvalue weighted by Crippen LogP contribution is -2.28. The summed E-state index contributed by atoms with van der Waals surface area (Å²) in [7, 11) is 0. The quantitative estimate of drug-likeness (QED) is 0.878. The van der Waals surface area contributed by atoms with E-state index in [0.29, 0.717) is 18.5 Å². The predicted octanol–water partition coefficient (Wildman–Crippen LogP) is 2.37. The van der Waals surface area contributed by atoms with Crippen LogP contribution in [0.3, 0.4) is 0 Å². The van der Waals surface area contributed by atoms with Crippen molar-refractivity contribution in [3.63, 3.8) is 0 Å². The maximum Gasteiger partial charge on any atom is 0.252 e. The number of nitrogens with one attached hydrogen (secondary N) is 1. The van der Waals surface area contributed by atoms with E-state index in [0.717, 1.165) is 10.9 Å². The van der Waals surface area contributed by atoms with E-state index in [1.54, 1.807) is 12.3 Å². The van der Waals surface area contributed by atoms with E-state index in [-0.39, 0.29) is 17.9 Å². The van der Waals surface area contributed by atoms with Crippen LogP contribution in [0.5, 0.6) is 0 Å². The molecule has 2 rings (SSSR count). The van der Waals surface area contributed by atoms with E-state index in [1.807, 2.05) is 38.1 Å². The minimum Gasteiger partial charge on any atom is -0.393 e. The van der Waals surface area contributed by atoms with E-state index in [4.69, 9.17) is 0 Å². The van der Waals surface area contributed by atoms with Crippen LogP contribution in [0, 0.1) is 5.92 Å². The number of hydrogen-bond donors (Lipinski definition) is 2. The lowest BCUT2D eigenvalue weighted by molar-refractivity contribution is 0.0921. The van der Waals surface area contributed by atoms with E-state index in [1.165, 1.54) is 0 Å². The van der Waals surface area contributed by atoms with Gasteiger partial charge >= 0.3 is 0 Å². The molecule has 1 amide bonds. The van der Waals surface area contributed by atoms with Crippen LogP contribution in [0.2, 0.25) is 0 Å². The number of para-hydroxylation sites is 1. The number of amides is 1. The standard InChI is InChI=1S/C16H20N2O2/c1-11(2)15(19)8-10-18-16(20)13-7-9-17-14-6-4-3-5-12(13)14/h3-7,9,11,15,19H,8,10H2,1-2H3,(H,18,20). The SMILES string of the molecule is CC(C)C(O)CCNC(=O)c1ccnc2ccccc12. The Morgan fingerprint density at radius 3 is 2.80 bits per heavy atom. The fraction of sp³-hybridized carbons (Fsp3) is 0.375. The van der Waals surface area contributed by atoms with Crippen molar-refractivity contribution >= 4 is 16.8 Å². The number of rotatable bonds is 5. The van der Waals surface area contributed by atoms with Gasteiger partial charge in [0.2, 0.25) is 0 Å². The maximum absolute atomic E-state index is 12.2. The van der Waals surface area contributed by atoms with Gasteiger partial charge < -0.3 is 10.4 Å². The molecule has 0 radical (unpaired) electrons. The lowest BCUT2D eigenvalue weighted by Gasteiger charge is -2.14. The molecule has 106 valence electrons. The Labute approximate surface area is 118 Å². The van der Waals surface area contributed by atoms with Crippen molar-refractivity contribution in [3.05, 3.63) is 42.1 Å². The number of fused-ring (bicyclic) bond motifs is 1. The summed E-state index contributed by atoms with van der Waals surface area (Å²) in [5, 5.41) is 13.4.